The van der Waals surface area contributed by atoms with Gasteiger partial charge in [-0.1, -0.05) is 24.3 Å². The van der Waals surface area contributed by atoms with E-state index in [1.54, 1.807) is 42.5 Å². The van der Waals surface area contributed by atoms with Crippen LogP contribution in [-0.4, -0.2) is 30.6 Å². The number of nitrogens with zero attached hydrogens (tertiary/aromatic N) is 2. The van der Waals surface area contributed by atoms with Crippen LogP contribution in [0.1, 0.15) is 28.8 Å². The summed E-state index contributed by atoms with van der Waals surface area (Å²) in [6.07, 6.45) is 0.450. The maximum atomic E-state index is 12.7. The first-order valence-electron chi connectivity index (χ1n) is 8.45. The Morgan fingerprint density at radius 2 is 1.85 bits per heavy atom. The number of anilines is 2. The fourth-order valence-electron chi connectivity index (χ4n) is 2.68. The summed E-state index contributed by atoms with van der Waals surface area (Å²) in [4.78, 5) is 36.5. The summed E-state index contributed by atoms with van der Waals surface area (Å²) in [7, 11) is 1.30. The molecule has 0 bridgehead atoms. The maximum absolute atomic E-state index is 12.7. The van der Waals surface area contributed by atoms with Crippen molar-refractivity contribution in [3.05, 3.63) is 59.7 Å². The van der Waals surface area contributed by atoms with Gasteiger partial charge in [-0.3, -0.25) is 9.59 Å². The summed E-state index contributed by atoms with van der Waals surface area (Å²) < 4.78 is 4.71. The summed E-state index contributed by atoms with van der Waals surface area (Å²) in [5.74, 6) is -1.06. The molecule has 0 aromatic heterocycles. The number of para-hydroxylation sites is 1. The molecule has 1 aliphatic rings. The number of rotatable bonds is 4. The molecule has 2 aromatic carbocycles. The number of carbonyl (C=O) groups excluding carboxylic acids is 3. The molecule has 2 amide bonds. The van der Waals surface area contributed by atoms with Crippen LogP contribution in [0.4, 0.5) is 11.4 Å². The van der Waals surface area contributed by atoms with Gasteiger partial charge in [0, 0.05) is 18.5 Å². The van der Waals surface area contributed by atoms with E-state index in [1.165, 1.54) is 12.1 Å². The lowest BCUT2D eigenvalue weighted by molar-refractivity contribution is -0.118. The van der Waals surface area contributed by atoms with Crippen LogP contribution in [0, 0.1) is 6.92 Å². The molecule has 1 heterocycles. The number of hydrogen-bond donors (Lipinski definition) is 1. The van der Waals surface area contributed by atoms with Crippen LogP contribution in [0.15, 0.2) is 53.6 Å². The van der Waals surface area contributed by atoms with Crippen LogP contribution in [0.2, 0.25) is 0 Å². The Kier molecular flexibility index (Phi) is 5.30. The average Bonchev–Trinajstić information content (AvgIpc) is 2.70. The Hall–Kier alpha value is -3.48. The first kappa shape index (κ1) is 18.3. The Labute approximate surface area is 156 Å². The largest absolute Gasteiger partial charge is 0.465 e. The smallest absolute Gasteiger partial charge is 0.337 e. The molecule has 2 aromatic rings. The summed E-state index contributed by atoms with van der Waals surface area (Å²) >= 11 is 0. The molecule has 0 radical (unpaired) electrons. The highest BCUT2D eigenvalue weighted by Crippen LogP contribution is 2.21. The minimum atomic E-state index is -0.485. The molecule has 138 valence electrons. The minimum Gasteiger partial charge on any atom is -0.465 e. The number of esters is 1. The Morgan fingerprint density at radius 3 is 2.56 bits per heavy atom. The van der Waals surface area contributed by atoms with Crippen molar-refractivity contribution >= 4 is 34.9 Å². The summed E-state index contributed by atoms with van der Waals surface area (Å²) in [6, 6.07) is 13.9. The normalized spacial score (nSPS) is 13.8. The number of methoxy groups -OCH3 is 1. The first-order valence-corrected chi connectivity index (χ1v) is 8.45. The molecule has 1 N–H and O–H groups in total. The van der Waals surface area contributed by atoms with Crippen molar-refractivity contribution in [2.24, 2.45) is 5.10 Å². The van der Waals surface area contributed by atoms with Crippen LogP contribution in [0.3, 0.4) is 0 Å². The topological polar surface area (TPSA) is 88.1 Å². The molecule has 0 aliphatic carbocycles. The number of hydrogen-bond acceptors (Lipinski definition) is 5. The van der Waals surface area contributed by atoms with Gasteiger partial charge in [0.15, 0.2) is 0 Å². The lowest BCUT2D eigenvalue weighted by Crippen LogP contribution is -2.36. The number of hydrazone groups is 1. The molecule has 7 nitrogen and oxygen atoms in total. The molecule has 27 heavy (non-hydrogen) atoms. The van der Waals surface area contributed by atoms with Crippen molar-refractivity contribution in [2.45, 2.75) is 19.8 Å². The number of benzene rings is 2. The zero-order valence-corrected chi connectivity index (χ0v) is 15.1. The highest BCUT2D eigenvalue weighted by molar-refractivity contribution is 6.44. The molecule has 0 fully saturated rings. The number of nitrogens with one attached hydrogen (secondary N) is 1. The Bertz CT molecular complexity index is 922. The van der Waals surface area contributed by atoms with Gasteiger partial charge in [-0.15, -0.1) is 0 Å². The molecular formula is C20H19N3O4. The van der Waals surface area contributed by atoms with Gasteiger partial charge in [-0.05, 0) is 36.8 Å². The van der Waals surface area contributed by atoms with Crippen molar-refractivity contribution in [3.8, 4) is 0 Å². The molecule has 7 heteroatoms. The first-order chi connectivity index (χ1) is 13.0. The van der Waals surface area contributed by atoms with Gasteiger partial charge in [0.25, 0.3) is 5.91 Å². The van der Waals surface area contributed by atoms with Gasteiger partial charge in [-0.2, -0.15) is 5.10 Å². The number of ether oxygens (including phenoxy) is 1. The third-order valence-electron chi connectivity index (χ3n) is 4.20. The van der Waals surface area contributed by atoms with Crippen molar-refractivity contribution in [1.82, 2.24) is 0 Å². The van der Waals surface area contributed by atoms with Gasteiger partial charge in [0.05, 0.1) is 18.4 Å². The van der Waals surface area contributed by atoms with Crippen molar-refractivity contribution < 1.29 is 19.1 Å². The van der Waals surface area contributed by atoms with E-state index in [-0.39, 0.29) is 24.5 Å². The average molecular weight is 365 g/mol. The summed E-state index contributed by atoms with van der Waals surface area (Å²) in [5, 5.41) is 8.25. The fraction of sp³-hybridized carbons (Fsp3) is 0.200. The maximum Gasteiger partial charge on any atom is 0.337 e. The standard InChI is InChI=1S/C20H19N3O4/c1-13-8-9-14(20(26)27-2)12-17(13)21-19(25)16-10-11-18(24)23(22-16)15-6-4-3-5-7-15/h3-9,12H,10-11H2,1-2H3,(H,21,25). The summed E-state index contributed by atoms with van der Waals surface area (Å²) in [5.41, 5.74) is 2.49. The zero-order valence-electron chi connectivity index (χ0n) is 15.1. The lowest BCUT2D eigenvalue weighted by atomic mass is 10.1. The monoisotopic (exact) mass is 365 g/mol. The van der Waals surface area contributed by atoms with Crippen molar-refractivity contribution in [2.75, 3.05) is 17.4 Å². The van der Waals surface area contributed by atoms with Gasteiger partial charge in [-0.25, -0.2) is 9.80 Å². The number of carbonyl (C=O) groups is 3. The zero-order chi connectivity index (χ0) is 19.4. The number of amides is 2. The molecule has 0 saturated heterocycles. The van der Waals surface area contributed by atoms with Crippen LogP contribution in [0.25, 0.3) is 0 Å². The van der Waals surface area contributed by atoms with E-state index < -0.39 is 11.9 Å². The molecule has 0 unspecified atom stereocenters. The Balaban J connectivity index is 1.84. The number of aryl methyl sites for hydroxylation is 1. The SMILES string of the molecule is COC(=O)c1ccc(C)c(NC(=O)C2=NN(c3ccccc3)C(=O)CC2)c1. The third kappa shape index (κ3) is 4.03. The highest BCUT2D eigenvalue weighted by Gasteiger charge is 2.26. The predicted octanol–water partition coefficient (Wildman–Crippen LogP) is 2.90. The van der Waals surface area contributed by atoms with Crippen LogP contribution in [-0.2, 0) is 14.3 Å². The molecule has 3 rings (SSSR count). The second-order valence-electron chi connectivity index (χ2n) is 6.06. The van der Waals surface area contributed by atoms with Gasteiger partial charge < -0.3 is 10.1 Å². The van der Waals surface area contributed by atoms with Crippen LogP contribution in [0.5, 0.6) is 0 Å². The van der Waals surface area contributed by atoms with E-state index in [4.69, 9.17) is 4.74 Å². The van der Waals surface area contributed by atoms with E-state index in [1.807, 2.05) is 13.0 Å². The van der Waals surface area contributed by atoms with Crippen molar-refractivity contribution in [3.63, 3.8) is 0 Å². The van der Waals surface area contributed by atoms with E-state index in [9.17, 15) is 14.4 Å². The molecule has 0 atom stereocenters. The predicted molar refractivity (Wildman–Crippen MR) is 102 cm³/mol. The van der Waals surface area contributed by atoms with E-state index in [0.717, 1.165) is 5.56 Å². The van der Waals surface area contributed by atoms with Gasteiger partial charge in [0.2, 0.25) is 5.91 Å². The lowest BCUT2D eigenvalue weighted by Gasteiger charge is -2.23. The van der Waals surface area contributed by atoms with Crippen molar-refractivity contribution in [1.29, 1.82) is 0 Å². The molecular weight excluding hydrogens is 346 g/mol. The Morgan fingerprint density at radius 1 is 1.11 bits per heavy atom. The minimum absolute atomic E-state index is 0.165. The van der Waals surface area contributed by atoms with Gasteiger partial charge >= 0.3 is 5.97 Å². The fourth-order valence-corrected chi connectivity index (χ4v) is 2.68. The second kappa shape index (κ2) is 7.82. The molecule has 0 saturated carbocycles. The summed E-state index contributed by atoms with van der Waals surface area (Å²) in [6.45, 7) is 1.82. The van der Waals surface area contributed by atoms with Crippen LogP contribution < -0.4 is 10.3 Å². The molecule has 0 spiro atoms. The van der Waals surface area contributed by atoms with E-state index in [0.29, 0.717) is 16.9 Å². The van der Waals surface area contributed by atoms with E-state index in [2.05, 4.69) is 10.4 Å². The second-order valence-corrected chi connectivity index (χ2v) is 6.06. The van der Waals surface area contributed by atoms with Crippen LogP contribution >= 0.6 is 0 Å². The highest BCUT2D eigenvalue weighted by atomic mass is 16.5. The molecule has 1 aliphatic heterocycles. The van der Waals surface area contributed by atoms with E-state index >= 15 is 0 Å². The third-order valence-corrected chi connectivity index (χ3v) is 4.20. The van der Waals surface area contributed by atoms with Gasteiger partial charge in [0.1, 0.15) is 5.71 Å². The quantitative estimate of drug-likeness (QED) is 0.844.